The quantitative estimate of drug-likeness (QED) is 0.0822. The van der Waals surface area contributed by atoms with Gasteiger partial charge in [0.2, 0.25) is 11.8 Å². The Morgan fingerprint density at radius 2 is 1.58 bits per heavy atom. The number of rotatable bonds is 17. The number of aryl methyl sites for hydroxylation is 1. The third-order valence-electron chi connectivity index (χ3n) is 14.8. The van der Waals surface area contributed by atoms with Gasteiger partial charge < -0.3 is 35.1 Å². The molecule has 2 bridgehead atoms. The van der Waals surface area contributed by atoms with Crippen LogP contribution in [0.15, 0.2) is 48.5 Å². The van der Waals surface area contributed by atoms with Gasteiger partial charge in [-0.25, -0.2) is 0 Å². The van der Waals surface area contributed by atoms with Gasteiger partial charge in [0.1, 0.15) is 12.1 Å². The van der Waals surface area contributed by atoms with Crippen LogP contribution >= 0.6 is 0 Å². The molecular formula is C51H74BN3O9. The number of amides is 2. The number of nitrogens with two attached hydrogens (primary N) is 1. The molecule has 0 radical (unpaired) electrons. The van der Waals surface area contributed by atoms with Crippen LogP contribution in [0.1, 0.15) is 135 Å². The van der Waals surface area contributed by atoms with Gasteiger partial charge in [-0.15, -0.1) is 0 Å². The number of ether oxygens (including phenoxy) is 2. The van der Waals surface area contributed by atoms with Crippen molar-refractivity contribution in [3.05, 3.63) is 59.7 Å². The van der Waals surface area contributed by atoms with Crippen LogP contribution in [-0.2, 0) is 44.4 Å². The molecule has 2 saturated heterocycles. The molecule has 3 saturated carbocycles. The summed E-state index contributed by atoms with van der Waals surface area (Å²) in [5.74, 6) is -2.34. The molecular weight excluding hydrogens is 809 g/mol. The molecule has 5 aliphatic rings. The fourth-order valence-electron chi connectivity index (χ4n) is 10.4. The summed E-state index contributed by atoms with van der Waals surface area (Å²) in [6.07, 6.45) is 8.36. The zero-order valence-corrected chi connectivity index (χ0v) is 39.3. The lowest BCUT2D eigenvalue weighted by Gasteiger charge is -2.64. The van der Waals surface area contributed by atoms with Crippen LogP contribution in [0.5, 0.6) is 0 Å². The predicted octanol–water partition coefficient (Wildman–Crippen LogP) is 7.48. The second kappa shape index (κ2) is 22.6. The maximum Gasteiger partial charge on any atom is 0.461 e. The van der Waals surface area contributed by atoms with Crippen molar-refractivity contribution in [3.63, 3.8) is 0 Å². The molecule has 0 spiro atoms. The number of carbonyl (C=O) groups is 5. The van der Waals surface area contributed by atoms with E-state index in [1.807, 2.05) is 19.1 Å². The smallest absolute Gasteiger partial charge is 0.405 e. The zero-order chi connectivity index (χ0) is 46.0. The lowest BCUT2D eigenvalue weighted by molar-refractivity contribution is -0.199. The molecule has 2 aliphatic heterocycles. The molecule has 350 valence electrons. The Balaban J connectivity index is 1.06. The van der Waals surface area contributed by atoms with Gasteiger partial charge in [-0.3, -0.25) is 24.0 Å². The molecule has 2 aromatic rings. The summed E-state index contributed by atoms with van der Waals surface area (Å²) in [6.45, 7) is 13.6. The SMILES string of the molecule is CCCCc1ccc(-c2ccc(C(=O)CC(CCCCN)C(=O)N[C@H]3COCCCCOC[C@@H](C(=O)C[C@@H](C)B4O[C@@H]5C[C@@H]6C[C@@H](C6(C)C)[C@]5(C)O4)NC(=O)[C@H](C)CC3=O)cc2)cc1. The van der Waals surface area contributed by atoms with Crippen LogP contribution in [0, 0.1) is 29.1 Å². The first kappa shape index (κ1) is 49.7. The van der Waals surface area contributed by atoms with Gasteiger partial charge in [-0.1, -0.05) is 96.0 Å². The average molecular weight is 884 g/mol. The van der Waals surface area contributed by atoms with Crippen molar-refractivity contribution in [2.24, 2.45) is 34.8 Å². The largest absolute Gasteiger partial charge is 0.461 e. The van der Waals surface area contributed by atoms with Crippen molar-refractivity contribution in [2.45, 2.75) is 155 Å². The summed E-state index contributed by atoms with van der Waals surface area (Å²) >= 11 is 0. The van der Waals surface area contributed by atoms with Crippen LogP contribution in [0.4, 0.5) is 0 Å². The number of Topliss-reactive ketones (excluding diaryl/α,β-unsaturated/α-hetero) is 3. The fraction of sp³-hybridized carbons (Fsp3) is 0.667. The number of ketones is 3. The van der Waals surface area contributed by atoms with E-state index in [9.17, 15) is 24.0 Å². The highest BCUT2D eigenvalue weighted by atomic mass is 16.7. The third-order valence-corrected chi connectivity index (χ3v) is 14.8. The van der Waals surface area contributed by atoms with E-state index in [1.165, 1.54) is 5.56 Å². The van der Waals surface area contributed by atoms with Gasteiger partial charge in [0.05, 0.1) is 24.9 Å². The van der Waals surface area contributed by atoms with Gasteiger partial charge in [0.25, 0.3) is 0 Å². The highest BCUT2D eigenvalue weighted by Gasteiger charge is 2.68. The summed E-state index contributed by atoms with van der Waals surface area (Å²) in [6, 6.07) is 14.0. The summed E-state index contributed by atoms with van der Waals surface area (Å²) in [7, 11) is -0.523. The molecule has 12 nitrogen and oxygen atoms in total. The Hall–Kier alpha value is -3.75. The van der Waals surface area contributed by atoms with Gasteiger partial charge in [0, 0.05) is 49.9 Å². The molecule has 13 heteroatoms. The topological polar surface area (TPSA) is 172 Å². The van der Waals surface area contributed by atoms with E-state index in [2.05, 4.69) is 62.6 Å². The number of hydrogen-bond acceptors (Lipinski definition) is 10. The molecule has 0 aromatic heterocycles. The van der Waals surface area contributed by atoms with E-state index in [1.54, 1.807) is 19.1 Å². The van der Waals surface area contributed by atoms with E-state index in [-0.39, 0.29) is 72.8 Å². The van der Waals surface area contributed by atoms with Crippen molar-refractivity contribution >= 4 is 36.3 Å². The predicted molar refractivity (Wildman–Crippen MR) is 249 cm³/mol. The fourth-order valence-corrected chi connectivity index (χ4v) is 10.4. The minimum atomic E-state index is -1.03. The number of benzene rings is 2. The van der Waals surface area contributed by atoms with Crippen molar-refractivity contribution in [2.75, 3.05) is 33.0 Å². The minimum absolute atomic E-state index is 0.00124. The molecule has 5 fully saturated rings. The molecule has 2 aromatic carbocycles. The van der Waals surface area contributed by atoms with Crippen molar-refractivity contribution in [1.29, 1.82) is 0 Å². The first-order chi connectivity index (χ1) is 30.6. The normalized spacial score (nSPS) is 28.4. The maximum atomic E-state index is 14.0. The summed E-state index contributed by atoms with van der Waals surface area (Å²) in [5.41, 5.74) is 9.49. The van der Waals surface area contributed by atoms with Crippen LogP contribution < -0.4 is 16.4 Å². The number of unbranched alkanes of at least 4 members (excludes halogenated alkanes) is 2. The Morgan fingerprint density at radius 3 is 2.23 bits per heavy atom. The Morgan fingerprint density at radius 1 is 0.906 bits per heavy atom. The van der Waals surface area contributed by atoms with Crippen LogP contribution in [0.3, 0.4) is 0 Å². The monoisotopic (exact) mass is 884 g/mol. The van der Waals surface area contributed by atoms with Crippen molar-refractivity contribution in [3.8, 4) is 11.1 Å². The molecule has 4 N–H and O–H groups in total. The average Bonchev–Trinajstić information content (AvgIpc) is 3.65. The molecule has 3 aliphatic carbocycles. The molecule has 2 amide bonds. The van der Waals surface area contributed by atoms with Crippen LogP contribution in [0.25, 0.3) is 11.1 Å². The van der Waals surface area contributed by atoms with Gasteiger partial charge in [-0.2, -0.15) is 0 Å². The highest BCUT2D eigenvalue weighted by Crippen LogP contribution is 2.66. The molecule has 64 heavy (non-hydrogen) atoms. The first-order valence-corrected chi connectivity index (χ1v) is 24.2. The van der Waals surface area contributed by atoms with Crippen LogP contribution in [-0.4, -0.2) is 93.0 Å². The van der Waals surface area contributed by atoms with E-state index in [4.69, 9.17) is 24.5 Å². The number of hydrogen-bond donors (Lipinski definition) is 3. The summed E-state index contributed by atoms with van der Waals surface area (Å²) < 4.78 is 24.9. The van der Waals surface area contributed by atoms with Crippen molar-refractivity contribution < 1.29 is 42.8 Å². The second-order valence-electron chi connectivity index (χ2n) is 20.0. The Kier molecular flexibility index (Phi) is 17.6. The van der Waals surface area contributed by atoms with Gasteiger partial charge in [-0.05, 0) is 105 Å². The van der Waals surface area contributed by atoms with E-state index in [0.717, 1.165) is 43.2 Å². The third kappa shape index (κ3) is 12.2. The lowest BCUT2D eigenvalue weighted by atomic mass is 9.43. The first-order valence-electron chi connectivity index (χ1n) is 24.2. The van der Waals surface area contributed by atoms with Crippen molar-refractivity contribution in [1.82, 2.24) is 10.6 Å². The van der Waals surface area contributed by atoms with Gasteiger partial charge in [0.15, 0.2) is 17.3 Å². The second-order valence-corrected chi connectivity index (χ2v) is 20.0. The maximum absolute atomic E-state index is 14.0. The summed E-state index contributed by atoms with van der Waals surface area (Å²) in [5, 5.41) is 5.78. The van der Waals surface area contributed by atoms with Gasteiger partial charge >= 0.3 is 7.12 Å². The molecule has 7 rings (SSSR count). The van der Waals surface area contributed by atoms with Crippen LogP contribution in [0.2, 0.25) is 5.82 Å². The molecule has 2 heterocycles. The zero-order valence-electron chi connectivity index (χ0n) is 39.3. The lowest BCUT2D eigenvalue weighted by Crippen LogP contribution is -2.65. The number of carbonyl (C=O) groups excluding carboxylic acids is 5. The Bertz CT molecular complexity index is 1910. The van der Waals surface area contributed by atoms with E-state index in [0.29, 0.717) is 69.3 Å². The van der Waals surface area contributed by atoms with E-state index >= 15 is 0 Å². The molecule has 1 unspecified atom stereocenters. The number of nitrogens with one attached hydrogen (secondary N) is 2. The van der Waals surface area contributed by atoms with E-state index < -0.39 is 42.9 Å². The highest BCUT2D eigenvalue weighted by molar-refractivity contribution is 6.47. The Labute approximate surface area is 381 Å². The summed E-state index contributed by atoms with van der Waals surface area (Å²) in [4.78, 5) is 69.1. The standard InChI is InChI=1S/C51H74BN3O9/c1-7-8-13-35-15-17-36(18-16-35)37-19-21-38(22-20-37)43(56)28-39(14-9-10-23-53)49(60)55-41-31-61-24-11-12-25-62-32-42(54-48(59)33(2)26-44(41)57)45(58)27-34(3)52-63-47-30-40-29-46(50(40,4)5)51(47,6)64-52/h15-22,33-34,39-42,46-47H,7-14,23-32,53H2,1-6H3,(H,54,59)(H,55,60)/t33-,34-,39?,40+,41+,42+,46+,47-,51+/m1/s1. The molecule has 9 atom stereocenters. The minimum Gasteiger partial charge on any atom is -0.405 e.